The maximum absolute atomic E-state index is 12.9. The molecule has 2 N–H and O–H groups in total. The smallest absolute Gasteiger partial charge is 0.323 e. The summed E-state index contributed by atoms with van der Waals surface area (Å²) in [7, 11) is 0. The number of carbonyl (C=O) groups is 2. The van der Waals surface area contributed by atoms with Crippen LogP contribution in [0.3, 0.4) is 0 Å². The lowest BCUT2D eigenvalue weighted by Crippen LogP contribution is -2.42. The number of aryl methyl sites for hydroxylation is 2. The third-order valence-electron chi connectivity index (χ3n) is 4.71. The number of hydrogen-bond acceptors (Lipinski definition) is 3. The van der Waals surface area contributed by atoms with Gasteiger partial charge in [-0.2, -0.15) is 0 Å². The van der Waals surface area contributed by atoms with Crippen LogP contribution in [0.4, 0.5) is 21.9 Å². The number of benzene rings is 2. The van der Waals surface area contributed by atoms with E-state index in [2.05, 4.69) is 17.2 Å². The van der Waals surface area contributed by atoms with Gasteiger partial charge in [0.25, 0.3) is 0 Å². The average Bonchev–Trinajstić information content (AvgIpc) is 2.71. The molecule has 1 heterocycles. The first-order valence-corrected chi connectivity index (χ1v) is 9.55. The van der Waals surface area contributed by atoms with Crippen LogP contribution in [0.25, 0.3) is 0 Å². The molecule has 0 saturated heterocycles. The van der Waals surface area contributed by atoms with Crippen molar-refractivity contribution in [3.05, 3.63) is 60.2 Å². The minimum absolute atomic E-state index is 0.0237. The molecule has 2 aromatic carbocycles. The van der Waals surface area contributed by atoms with Crippen LogP contribution in [0, 0.1) is 19.3 Å². The summed E-state index contributed by atoms with van der Waals surface area (Å²) in [4.78, 5) is 26.9. The van der Waals surface area contributed by atoms with Gasteiger partial charge in [0.05, 0.1) is 11.1 Å². The molecule has 0 aromatic heterocycles. The molecule has 1 aliphatic heterocycles. The number of hydrogen-bond donors (Lipinski definition) is 2. The molecular weight excluding hydrogens is 366 g/mol. The predicted octanol–water partition coefficient (Wildman–Crippen LogP) is 4.89. The van der Waals surface area contributed by atoms with Crippen LogP contribution in [-0.2, 0) is 4.79 Å². The van der Waals surface area contributed by atoms with E-state index in [-0.39, 0.29) is 18.5 Å². The summed E-state index contributed by atoms with van der Waals surface area (Å²) < 4.78 is 5.91. The molecule has 0 fully saturated rings. The highest BCUT2D eigenvalue weighted by Gasteiger charge is 2.37. The molecule has 1 aliphatic rings. The Labute approximate surface area is 171 Å². The summed E-state index contributed by atoms with van der Waals surface area (Å²) in [5.74, 6) is 0.527. The van der Waals surface area contributed by atoms with Crippen molar-refractivity contribution < 1.29 is 14.3 Å². The Morgan fingerprint density at radius 2 is 1.79 bits per heavy atom. The summed E-state index contributed by atoms with van der Waals surface area (Å²) in [5.41, 5.74) is 3.48. The molecule has 0 bridgehead atoms. The number of carbonyl (C=O) groups excluding carboxylic acids is 2. The molecule has 29 heavy (non-hydrogen) atoms. The van der Waals surface area contributed by atoms with Crippen molar-refractivity contribution >= 4 is 29.0 Å². The van der Waals surface area contributed by atoms with Gasteiger partial charge in [0, 0.05) is 24.0 Å². The number of nitrogens with zero attached hydrogens (tertiary/aromatic N) is 1. The lowest BCUT2D eigenvalue weighted by Gasteiger charge is -2.27. The van der Waals surface area contributed by atoms with E-state index < -0.39 is 5.41 Å². The maximum atomic E-state index is 12.9. The van der Waals surface area contributed by atoms with Gasteiger partial charge in [0.15, 0.2) is 0 Å². The van der Waals surface area contributed by atoms with Crippen molar-refractivity contribution in [3.63, 3.8) is 0 Å². The van der Waals surface area contributed by atoms with Crippen LogP contribution >= 0.6 is 0 Å². The Morgan fingerprint density at radius 1 is 1.14 bits per heavy atom. The van der Waals surface area contributed by atoms with E-state index in [9.17, 15) is 9.59 Å². The van der Waals surface area contributed by atoms with E-state index in [0.717, 1.165) is 16.8 Å². The van der Waals surface area contributed by atoms with Crippen LogP contribution in [0.5, 0.6) is 5.75 Å². The number of fused-ring (bicyclic) bond motifs is 1. The molecule has 0 radical (unpaired) electrons. The zero-order valence-corrected chi connectivity index (χ0v) is 17.3. The molecule has 6 nitrogen and oxygen atoms in total. The third-order valence-corrected chi connectivity index (χ3v) is 4.71. The summed E-state index contributed by atoms with van der Waals surface area (Å²) in [6, 6.07) is 10.8. The van der Waals surface area contributed by atoms with Crippen molar-refractivity contribution in [2.24, 2.45) is 5.41 Å². The summed E-state index contributed by atoms with van der Waals surface area (Å²) in [5, 5.41) is 5.67. The zero-order valence-electron chi connectivity index (χ0n) is 17.3. The summed E-state index contributed by atoms with van der Waals surface area (Å²) >= 11 is 0. The van der Waals surface area contributed by atoms with Crippen LogP contribution in [-0.4, -0.2) is 25.1 Å². The molecule has 6 heteroatoms. The van der Waals surface area contributed by atoms with Crippen LogP contribution in [0.15, 0.2) is 49.1 Å². The predicted molar refractivity (Wildman–Crippen MR) is 117 cm³/mol. The first-order valence-electron chi connectivity index (χ1n) is 9.55. The highest BCUT2D eigenvalue weighted by molar-refractivity contribution is 6.02. The number of urea groups is 1. The van der Waals surface area contributed by atoms with Gasteiger partial charge in [-0.1, -0.05) is 12.1 Å². The fourth-order valence-corrected chi connectivity index (χ4v) is 3.38. The molecule has 0 saturated carbocycles. The van der Waals surface area contributed by atoms with Gasteiger partial charge in [-0.05, 0) is 63.1 Å². The zero-order chi connectivity index (χ0) is 21.2. The second-order valence-corrected chi connectivity index (χ2v) is 8.02. The van der Waals surface area contributed by atoms with Crippen LogP contribution < -0.4 is 20.3 Å². The Morgan fingerprint density at radius 3 is 2.45 bits per heavy atom. The van der Waals surface area contributed by atoms with Crippen molar-refractivity contribution in [2.75, 3.05) is 28.7 Å². The lowest BCUT2D eigenvalue weighted by atomic mass is 9.93. The molecular formula is C23H27N3O3. The number of amides is 3. The molecule has 3 rings (SSSR count). The first-order chi connectivity index (χ1) is 13.7. The van der Waals surface area contributed by atoms with Crippen LogP contribution in [0.2, 0.25) is 0 Å². The van der Waals surface area contributed by atoms with Crippen molar-refractivity contribution in [2.45, 2.75) is 27.7 Å². The van der Waals surface area contributed by atoms with E-state index in [4.69, 9.17) is 4.74 Å². The number of rotatable bonds is 4. The molecule has 0 spiro atoms. The van der Waals surface area contributed by atoms with E-state index in [1.807, 2.05) is 45.9 Å². The quantitative estimate of drug-likeness (QED) is 0.727. The monoisotopic (exact) mass is 393 g/mol. The van der Waals surface area contributed by atoms with Gasteiger partial charge in [0.1, 0.15) is 12.4 Å². The van der Waals surface area contributed by atoms with E-state index >= 15 is 0 Å². The molecule has 2 aromatic rings. The van der Waals surface area contributed by atoms with Gasteiger partial charge >= 0.3 is 6.03 Å². The second-order valence-electron chi connectivity index (χ2n) is 8.02. The Balaban J connectivity index is 1.81. The second kappa shape index (κ2) is 7.99. The molecule has 152 valence electrons. The van der Waals surface area contributed by atoms with Crippen molar-refractivity contribution in [1.82, 2.24) is 0 Å². The van der Waals surface area contributed by atoms with E-state index in [1.165, 1.54) is 0 Å². The van der Waals surface area contributed by atoms with E-state index in [0.29, 0.717) is 23.7 Å². The van der Waals surface area contributed by atoms with E-state index in [1.54, 1.807) is 29.2 Å². The Kier molecular flexibility index (Phi) is 5.64. The lowest BCUT2D eigenvalue weighted by molar-refractivity contribution is -0.127. The first kappa shape index (κ1) is 20.5. The number of ether oxygens (including phenoxy) is 1. The van der Waals surface area contributed by atoms with Gasteiger partial charge in [0.2, 0.25) is 5.91 Å². The SMILES string of the molecule is C=CCN1C(=O)C(C)(C)COc2cc(NC(=O)Nc3cc(C)cc(C)c3)ccc21. The fraction of sp³-hybridized carbons (Fsp3) is 0.304. The summed E-state index contributed by atoms with van der Waals surface area (Å²) in [6.45, 7) is 12.1. The van der Waals surface area contributed by atoms with Crippen molar-refractivity contribution in [1.29, 1.82) is 0 Å². The largest absolute Gasteiger partial charge is 0.490 e. The van der Waals surface area contributed by atoms with Gasteiger partial charge < -0.3 is 20.3 Å². The van der Waals surface area contributed by atoms with Gasteiger partial charge in [-0.15, -0.1) is 6.58 Å². The van der Waals surface area contributed by atoms with Crippen LogP contribution in [0.1, 0.15) is 25.0 Å². The number of anilines is 3. The van der Waals surface area contributed by atoms with Gasteiger partial charge in [-0.3, -0.25) is 4.79 Å². The van der Waals surface area contributed by atoms with Gasteiger partial charge in [-0.25, -0.2) is 4.79 Å². The average molecular weight is 393 g/mol. The Bertz CT molecular complexity index is 946. The highest BCUT2D eigenvalue weighted by atomic mass is 16.5. The molecule has 0 atom stereocenters. The molecule has 0 aliphatic carbocycles. The molecule has 3 amide bonds. The molecule has 0 unspecified atom stereocenters. The topological polar surface area (TPSA) is 70.7 Å². The highest BCUT2D eigenvalue weighted by Crippen LogP contribution is 2.38. The normalized spacial score (nSPS) is 15.0. The minimum atomic E-state index is -0.657. The Hall–Kier alpha value is -3.28. The standard InChI is InChI=1S/C23H27N3O3/c1-6-9-26-19-8-7-17(13-20(19)29-14-23(4,5)21(26)27)24-22(28)25-18-11-15(2)10-16(3)12-18/h6-8,10-13H,1,9,14H2,2-5H3,(H2,24,25,28). The fourth-order valence-electron chi connectivity index (χ4n) is 3.38. The summed E-state index contributed by atoms with van der Waals surface area (Å²) in [6.07, 6.45) is 1.69. The third kappa shape index (κ3) is 4.59. The minimum Gasteiger partial charge on any atom is -0.490 e. The number of nitrogens with one attached hydrogen (secondary N) is 2. The van der Waals surface area contributed by atoms with Crippen molar-refractivity contribution in [3.8, 4) is 5.75 Å². The maximum Gasteiger partial charge on any atom is 0.323 e.